The van der Waals surface area contributed by atoms with Gasteiger partial charge in [0.25, 0.3) is 0 Å². The van der Waals surface area contributed by atoms with Crippen LogP contribution in [-0.2, 0) is 0 Å². The molecule has 1 aliphatic rings. The summed E-state index contributed by atoms with van der Waals surface area (Å²) >= 11 is 0. The molecule has 0 saturated heterocycles. The first-order valence-electron chi connectivity index (χ1n) is 10.6. The molecule has 0 atom stereocenters. The highest BCUT2D eigenvalue weighted by Crippen LogP contribution is 2.26. The molecule has 30 heavy (non-hydrogen) atoms. The summed E-state index contributed by atoms with van der Waals surface area (Å²) in [6.45, 7) is 7.90. The van der Waals surface area contributed by atoms with Crippen LogP contribution in [0.25, 0.3) is 33.6 Å². The van der Waals surface area contributed by atoms with Gasteiger partial charge >= 0.3 is 0 Å². The fourth-order valence-electron chi connectivity index (χ4n) is 4.14. The van der Waals surface area contributed by atoms with Crippen molar-refractivity contribution in [2.24, 2.45) is 5.92 Å². The number of nitrogens with one attached hydrogen (secondary N) is 1. The van der Waals surface area contributed by atoms with E-state index in [2.05, 4.69) is 69.6 Å². The Labute approximate surface area is 176 Å². The van der Waals surface area contributed by atoms with Crippen molar-refractivity contribution < 1.29 is 0 Å². The number of benzene rings is 2. The van der Waals surface area contributed by atoms with Crippen LogP contribution in [0, 0.1) is 5.92 Å². The molecule has 0 fully saturated rings. The van der Waals surface area contributed by atoms with Gasteiger partial charge in [0.1, 0.15) is 11.4 Å². The van der Waals surface area contributed by atoms with Crippen molar-refractivity contribution >= 4 is 16.5 Å². The summed E-state index contributed by atoms with van der Waals surface area (Å²) in [5.74, 6) is 0.714. The Hall–Kier alpha value is -3.25. The number of H-pyrrole nitrogens is 1. The highest BCUT2D eigenvalue weighted by atomic mass is 15.4. The third kappa shape index (κ3) is 3.66. The zero-order chi connectivity index (χ0) is 20.5. The maximum absolute atomic E-state index is 4.42. The Bertz CT molecular complexity index is 1180. The zero-order valence-electron chi connectivity index (χ0n) is 17.4. The van der Waals surface area contributed by atoms with E-state index in [1.807, 2.05) is 35.1 Å². The fraction of sp³-hybridized carbons (Fsp3) is 0.292. The molecule has 0 saturated carbocycles. The molecule has 0 amide bonds. The lowest BCUT2D eigenvalue weighted by Crippen LogP contribution is -2.31. The van der Waals surface area contributed by atoms with Crippen LogP contribution in [0.15, 0.2) is 60.8 Å². The van der Waals surface area contributed by atoms with Gasteiger partial charge in [0.2, 0.25) is 0 Å². The molecule has 5 rings (SSSR count). The highest BCUT2D eigenvalue weighted by molar-refractivity contribution is 5.91. The van der Waals surface area contributed by atoms with Crippen LogP contribution in [0.2, 0.25) is 0 Å². The van der Waals surface area contributed by atoms with Crippen molar-refractivity contribution in [1.29, 1.82) is 0 Å². The molecule has 1 aliphatic heterocycles. The zero-order valence-corrected chi connectivity index (χ0v) is 17.4. The van der Waals surface area contributed by atoms with Gasteiger partial charge in [-0.2, -0.15) is 5.10 Å². The summed E-state index contributed by atoms with van der Waals surface area (Å²) in [6, 6.07) is 16.6. The number of aromatic nitrogens is 5. The van der Waals surface area contributed by atoms with E-state index in [0.29, 0.717) is 5.92 Å². The second kappa shape index (κ2) is 7.88. The van der Waals surface area contributed by atoms with Crippen molar-refractivity contribution in [2.75, 3.05) is 19.6 Å². The Morgan fingerprint density at radius 1 is 1.07 bits per heavy atom. The Kier molecular flexibility index (Phi) is 4.93. The summed E-state index contributed by atoms with van der Waals surface area (Å²) in [7, 11) is 0. The monoisotopic (exact) mass is 398 g/mol. The first-order chi connectivity index (χ1) is 14.7. The second-order valence-electron chi connectivity index (χ2n) is 8.35. The van der Waals surface area contributed by atoms with E-state index in [1.165, 1.54) is 17.7 Å². The van der Waals surface area contributed by atoms with E-state index < -0.39 is 0 Å². The van der Waals surface area contributed by atoms with E-state index in [4.69, 9.17) is 0 Å². The molecular weight excluding hydrogens is 372 g/mol. The fourth-order valence-corrected chi connectivity index (χ4v) is 4.14. The molecule has 2 aromatic heterocycles. The highest BCUT2D eigenvalue weighted by Gasteiger charge is 2.15. The first-order valence-corrected chi connectivity index (χ1v) is 10.6. The SMILES string of the molecule is CC(C)CN1CC=C(c2ccc(-n3cc(-c4n[nH]c5ccccc45)nn3)cc2)CC1. The van der Waals surface area contributed by atoms with Crippen molar-refractivity contribution in [3.63, 3.8) is 0 Å². The number of para-hydroxylation sites is 1. The first kappa shape index (κ1) is 18.8. The summed E-state index contributed by atoms with van der Waals surface area (Å²) in [6.07, 6.45) is 5.41. The largest absolute Gasteiger partial charge is 0.299 e. The molecule has 6 nitrogen and oxygen atoms in total. The van der Waals surface area contributed by atoms with Crippen LogP contribution in [-0.4, -0.2) is 49.7 Å². The third-order valence-corrected chi connectivity index (χ3v) is 5.63. The second-order valence-corrected chi connectivity index (χ2v) is 8.35. The predicted molar refractivity (Wildman–Crippen MR) is 120 cm³/mol. The Morgan fingerprint density at radius 3 is 2.67 bits per heavy atom. The molecule has 0 radical (unpaired) electrons. The van der Waals surface area contributed by atoms with E-state index >= 15 is 0 Å². The lowest BCUT2D eigenvalue weighted by Gasteiger charge is -2.27. The normalized spacial score (nSPS) is 15.1. The van der Waals surface area contributed by atoms with Crippen molar-refractivity contribution in [1.82, 2.24) is 30.1 Å². The lowest BCUT2D eigenvalue weighted by molar-refractivity contribution is 0.268. The molecule has 152 valence electrons. The summed E-state index contributed by atoms with van der Waals surface area (Å²) in [5, 5.41) is 17.2. The summed E-state index contributed by atoms with van der Waals surface area (Å²) < 4.78 is 1.81. The van der Waals surface area contributed by atoms with Gasteiger partial charge in [-0.25, -0.2) is 4.68 Å². The number of fused-ring (bicyclic) bond motifs is 1. The van der Waals surface area contributed by atoms with E-state index in [-0.39, 0.29) is 0 Å². The minimum atomic E-state index is 0.714. The average Bonchev–Trinajstić information content (AvgIpc) is 3.41. The van der Waals surface area contributed by atoms with Crippen LogP contribution in [0.4, 0.5) is 0 Å². The maximum atomic E-state index is 4.42. The van der Waals surface area contributed by atoms with Crippen LogP contribution < -0.4 is 0 Å². The third-order valence-electron chi connectivity index (χ3n) is 5.63. The number of nitrogens with zero attached hydrogens (tertiary/aromatic N) is 5. The quantitative estimate of drug-likeness (QED) is 0.535. The minimum absolute atomic E-state index is 0.714. The molecule has 0 aliphatic carbocycles. The number of aromatic amines is 1. The minimum Gasteiger partial charge on any atom is -0.299 e. The van der Waals surface area contributed by atoms with Gasteiger partial charge in [-0.05, 0) is 41.7 Å². The van der Waals surface area contributed by atoms with Crippen LogP contribution in [0.3, 0.4) is 0 Å². The van der Waals surface area contributed by atoms with E-state index in [1.54, 1.807) is 0 Å². The molecule has 3 heterocycles. The van der Waals surface area contributed by atoms with Gasteiger partial charge in [-0.1, -0.05) is 55.5 Å². The van der Waals surface area contributed by atoms with Crippen molar-refractivity contribution in [2.45, 2.75) is 20.3 Å². The van der Waals surface area contributed by atoms with Crippen LogP contribution >= 0.6 is 0 Å². The van der Waals surface area contributed by atoms with Gasteiger partial charge in [0.05, 0.1) is 17.4 Å². The number of rotatable bonds is 5. The Balaban J connectivity index is 1.34. The topological polar surface area (TPSA) is 62.6 Å². The van der Waals surface area contributed by atoms with Crippen LogP contribution in [0.5, 0.6) is 0 Å². The molecule has 4 aromatic rings. The predicted octanol–water partition coefficient (Wildman–Crippen LogP) is 4.56. The van der Waals surface area contributed by atoms with Gasteiger partial charge in [-0.3, -0.25) is 10.00 Å². The van der Waals surface area contributed by atoms with Crippen LogP contribution in [0.1, 0.15) is 25.8 Å². The van der Waals surface area contributed by atoms with Crippen molar-refractivity contribution in [3.05, 3.63) is 66.4 Å². The lowest BCUT2D eigenvalue weighted by atomic mass is 9.99. The Morgan fingerprint density at radius 2 is 1.90 bits per heavy atom. The van der Waals surface area contributed by atoms with Gasteiger partial charge in [0.15, 0.2) is 0 Å². The van der Waals surface area contributed by atoms with Gasteiger partial charge < -0.3 is 0 Å². The van der Waals surface area contributed by atoms with Crippen molar-refractivity contribution in [3.8, 4) is 17.1 Å². The molecule has 0 bridgehead atoms. The molecular formula is C24H26N6. The molecule has 1 N–H and O–H groups in total. The standard InChI is InChI=1S/C24H26N6/c1-17(2)15-29-13-11-19(12-14-29)18-7-9-20(10-8-18)30-16-23(26-28-30)24-21-5-3-4-6-22(21)25-27-24/h3-11,16-17H,12-15H2,1-2H3,(H,25,27). The number of hydrogen-bond acceptors (Lipinski definition) is 4. The summed E-state index contributed by atoms with van der Waals surface area (Å²) in [5.41, 5.74) is 6.31. The number of hydrogen-bond donors (Lipinski definition) is 1. The molecule has 6 heteroatoms. The van der Waals surface area contributed by atoms with Gasteiger partial charge in [-0.15, -0.1) is 5.10 Å². The molecule has 2 aromatic carbocycles. The summed E-state index contributed by atoms with van der Waals surface area (Å²) in [4.78, 5) is 2.53. The maximum Gasteiger partial charge on any atom is 0.134 e. The van der Waals surface area contributed by atoms with E-state index in [0.717, 1.165) is 47.5 Å². The average molecular weight is 399 g/mol. The molecule has 0 unspecified atom stereocenters. The molecule has 0 spiro atoms. The van der Waals surface area contributed by atoms with E-state index in [9.17, 15) is 0 Å². The van der Waals surface area contributed by atoms with Gasteiger partial charge in [0, 0.05) is 25.0 Å². The smallest absolute Gasteiger partial charge is 0.134 e.